The Labute approximate surface area is 190 Å². The summed E-state index contributed by atoms with van der Waals surface area (Å²) in [6.45, 7) is 10.5. The van der Waals surface area contributed by atoms with Gasteiger partial charge >= 0.3 is 12.1 Å². The van der Waals surface area contributed by atoms with Crippen molar-refractivity contribution in [3.63, 3.8) is 0 Å². The predicted molar refractivity (Wildman–Crippen MR) is 125 cm³/mol. The number of amides is 5. The SMILES string of the molecule is CC(C)NC(=O)Nc1ccc2c(c1)CC(=O)N(C)C[C@@H](C)[C@H](CN(C)C(=O)NC(C)C)O2. The third-order valence-electron chi connectivity index (χ3n) is 5.19. The highest BCUT2D eigenvalue weighted by Gasteiger charge is 2.29. The van der Waals surface area contributed by atoms with Gasteiger partial charge in [-0.25, -0.2) is 9.59 Å². The van der Waals surface area contributed by atoms with Crippen molar-refractivity contribution in [2.45, 2.75) is 59.2 Å². The summed E-state index contributed by atoms with van der Waals surface area (Å²) in [6.07, 6.45) is -0.149. The summed E-state index contributed by atoms with van der Waals surface area (Å²) in [5.74, 6) is 0.550. The van der Waals surface area contributed by atoms with Gasteiger partial charge in [-0.05, 0) is 45.9 Å². The molecule has 32 heavy (non-hydrogen) atoms. The van der Waals surface area contributed by atoms with Gasteiger partial charge in [-0.1, -0.05) is 6.92 Å². The summed E-state index contributed by atoms with van der Waals surface area (Å²) in [5.41, 5.74) is 1.27. The molecule has 1 aromatic carbocycles. The van der Waals surface area contributed by atoms with Crippen molar-refractivity contribution in [2.75, 3.05) is 32.5 Å². The van der Waals surface area contributed by atoms with E-state index in [0.717, 1.165) is 0 Å². The Kier molecular flexibility index (Phi) is 8.74. The van der Waals surface area contributed by atoms with Crippen LogP contribution in [-0.2, 0) is 11.2 Å². The standard InChI is InChI=1S/C23H37N5O4/c1-14(2)24-22(30)26-18-8-9-19-17(10-18)11-21(29)27(6)12-16(5)20(32-19)13-28(7)23(31)25-15(3)4/h8-10,14-16,20H,11-13H2,1-7H3,(H,25,31)(H2,24,26,30)/t16-,20+/m1/s1. The van der Waals surface area contributed by atoms with Crippen LogP contribution in [0.5, 0.6) is 5.75 Å². The molecular weight excluding hydrogens is 410 g/mol. The van der Waals surface area contributed by atoms with E-state index >= 15 is 0 Å². The van der Waals surface area contributed by atoms with E-state index in [2.05, 4.69) is 16.0 Å². The Morgan fingerprint density at radius 3 is 2.47 bits per heavy atom. The molecule has 0 spiro atoms. The number of nitrogens with zero attached hydrogens (tertiary/aromatic N) is 2. The summed E-state index contributed by atoms with van der Waals surface area (Å²) in [4.78, 5) is 40.5. The van der Waals surface area contributed by atoms with Gasteiger partial charge in [0.15, 0.2) is 0 Å². The fourth-order valence-corrected chi connectivity index (χ4v) is 3.50. The number of carbonyl (C=O) groups excluding carboxylic acids is 3. The molecule has 0 fully saturated rings. The second-order valence-corrected chi connectivity index (χ2v) is 9.15. The van der Waals surface area contributed by atoms with Crippen LogP contribution >= 0.6 is 0 Å². The molecule has 0 saturated heterocycles. The zero-order valence-electron chi connectivity index (χ0n) is 20.2. The first-order valence-electron chi connectivity index (χ1n) is 11.1. The van der Waals surface area contributed by atoms with Crippen LogP contribution in [0.1, 0.15) is 40.2 Å². The van der Waals surface area contributed by atoms with Crippen LogP contribution in [0.3, 0.4) is 0 Å². The Balaban J connectivity index is 2.27. The molecule has 9 nitrogen and oxygen atoms in total. The van der Waals surface area contributed by atoms with Gasteiger partial charge in [0.05, 0.1) is 13.0 Å². The van der Waals surface area contributed by atoms with Crippen molar-refractivity contribution < 1.29 is 19.1 Å². The molecule has 2 atom stereocenters. The van der Waals surface area contributed by atoms with Gasteiger partial charge in [-0.15, -0.1) is 0 Å². The first kappa shape index (κ1) is 25.3. The normalized spacial score (nSPS) is 18.8. The maximum atomic E-state index is 12.8. The monoisotopic (exact) mass is 447 g/mol. The fraction of sp³-hybridized carbons (Fsp3) is 0.609. The lowest BCUT2D eigenvalue weighted by Crippen LogP contribution is -2.48. The molecule has 0 aromatic heterocycles. The molecule has 9 heteroatoms. The van der Waals surface area contributed by atoms with Gasteiger partial charge in [0.1, 0.15) is 11.9 Å². The number of rotatable bonds is 5. The van der Waals surface area contributed by atoms with Crippen molar-refractivity contribution >= 4 is 23.7 Å². The molecule has 1 heterocycles. The number of hydrogen-bond acceptors (Lipinski definition) is 4. The summed E-state index contributed by atoms with van der Waals surface area (Å²) in [7, 11) is 3.50. The smallest absolute Gasteiger partial charge is 0.319 e. The van der Waals surface area contributed by atoms with E-state index in [9.17, 15) is 14.4 Å². The van der Waals surface area contributed by atoms with Crippen molar-refractivity contribution in [1.82, 2.24) is 20.4 Å². The predicted octanol–water partition coefficient (Wildman–Crippen LogP) is 2.66. The highest BCUT2D eigenvalue weighted by molar-refractivity contribution is 5.90. The van der Waals surface area contributed by atoms with Crippen LogP contribution in [0.4, 0.5) is 15.3 Å². The minimum absolute atomic E-state index is 0.00109. The zero-order chi connectivity index (χ0) is 24.0. The lowest BCUT2D eigenvalue weighted by molar-refractivity contribution is -0.129. The number of ether oxygens (including phenoxy) is 1. The fourth-order valence-electron chi connectivity index (χ4n) is 3.50. The number of anilines is 1. The number of likely N-dealkylation sites (N-methyl/N-ethyl adjacent to an activating group) is 2. The van der Waals surface area contributed by atoms with Crippen molar-refractivity contribution in [2.24, 2.45) is 5.92 Å². The van der Waals surface area contributed by atoms with E-state index in [0.29, 0.717) is 30.1 Å². The van der Waals surface area contributed by atoms with Crippen LogP contribution in [0.15, 0.2) is 18.2 Å². The third-order valence-corrected chi connectivity index (χ3v) is 5.19. The minimum atomic E-state index is -0.312. The van der Waals surface area contributed by atoms with Crippen molar-refractivity contribution in [3.05, 3.63) is 23.8 Å². The van der Waals surface area contributed by atoms with Crippen LogP contribution in [0.2, 0.25) is 0 Å². The van der Waals surface area contributed by atoms with Crippen molar-refractivity contribution in [3.8, 4) is 5.75 Å². The van der Waals surface area contributed by atoms with Gasteiger partial charge in [-0.3, -0.25) is 4.79 Å². The average molecular weight is 448 g/mol. The summed E-state index contributed by atoms with van der Waals surface area (Å²) < 4.78 is 6.35. The van der Waals surface area contributed by atoms with Gasteiger partial charge in [0, 0.05) is 49.9 Å². The van der Waals surface area contributed by atoms with Crippen LogP contribution in [0, 0.1) is 5.92 Å². The number of carbonyl (C=O) groups is 3. The Bertz CT molecular complexity index is 827. The lowest BCUT2D eigenvalue weighted by atomic mass is 10.0. The Hall–Kier alpha value is -2.97. The molecule has 0 bridgehead atoms. The van der Waals surface area contributed by atoms with Gasteiger partial charge < -0.3 is 30.5 Å². The number of nitrogens with one attached hydrogen (secondary N) is 3. The Morgan fingerprint density at radius 1 is 1.19 bits per heavy atom. The van der Waals surface area contributed by atoms with E-state index in [1.165, 1.54) is 0 Å². The summed E-state index contributed by atoms with van der Waals surface area (Å²) in [6, 6.07) is 4.85. The van der Waals surface area contributed by atoms with Gasteiger partial charge in [0.25, 0.3) is 0 Å². The maximum absolute atomic E-state index is 12.8. The molecule has 0 saturated carbocycles. The number of benzene rings is 1. The molecule has 5 amide bonds. The molecule has 178 valence electrons. The minimum Gasteiger partial charge on any atom is -0.488 e. The van der Waals surface area contributed by atoms with E-state index in [1.54, 1.807) is 42.1 Å². The quantitative estimate of drug-likeness (QED) is 0.646. The van der Waals surface area contributed by atoms with Crippen LogP contribution in [0.25, 0.3) is 0 Å². The molecule has 1 aliphatic heterocycles. The van der Waals surface area contributed by atoms with Gasteiger partial charge in [-0.2, -0.15) is 0 Å². The molecule has 2 rings (SSSR count). The molecule has 1 aliphatic rings. The van der Waals surface area contributed by atoms with Crippen molar-refractivity contribution in [1.29, 1.82) is 0 Å². The number of fused-ring (bicyclic) bond motifs is 1. The highest BCUT2D eigenvalue weighted by Crippen LogP contribution is 2.28. The largest absolute Gasteiger partial charge is 0.488 e. The third kappa shape index (κ3) is 7.32. The maximum Gasteiger partial charge on any atom is 0.319 e. The van der Waals surface area contributed by atoms with E-state index < -0.39 is 0 Å². The topological polar surface area (TPSA) is 103 Å². The van der Waals surface area contributed by atoms with E-state index in [4.69, 9.17) is 4.74 Å². The zero-order valence-corrected chi connectivity index (χ0v) is 20.2. The molecule has 0 aliphatic carbocycles. The second kappa shape index (κ2) is 11.1. The van der Waals surface area contributed by atoms with Gasteiger partial charge in [0.2, 0.25) is 5.91 Å². The first-order chi connectivity index (χ1) is 15.0. The molecule has 3 N–H and O–H groups in total. The highest BCUT2D eigenvalue weighted by atomic mass is 16.5. The van der Waals surface area contributed by atoms with Crippen LogP contribution in [-0.4, -0.2) is 73.1 Å². The molecule has 1 aromatic rings. The summed E-state index contributed by atoms with van der Waals surface area (Å²) >= 11 is 0. The molecule has 0 radical (unpaired) electrons. The van der Waals surface area contributed by atoms with Crippen LogP contribution < -0.4 is 20.7 Å². The average Bonchev–Trinajstić information content (AvgIpc) is 2.70. The van der Waals surface area contributed by atoms with E-state index in [-0.39, 0.29) is 48.5 Å². The molecule has 0 unspecified atom stereocenters. The Morgan fingerprint density at radius 2 is 1.84 bits per heavy atom. The second-order valence-electron chi connectivity index (χ2n) is 9.15. The lowest BCUT2D eigenvalue weighted by Gasteiger charge is -2.31. The number of hydrogen-bond donors (Lipinski definition) is 3. The number of urea groups is 2. The van der Waals surface area contributed by atoms with E-state index in [1.807, 2.05) is 34.6 Å². The molecular formula is C23H37N5O4. The summed E-state index contributed by atoms with van der Waals surface area (Å²) in [5, 5.41) is 8.45. The first-order valence-corrected chi connectivity index (χ1v) is 11.1.